The molecule has 0 aliphatic carbocycles. The van der Waals surface area contributed by atoms with Crippen LogP contribution in [-0.2, 0) is 32.9 Å². The summed E-state index contributed by atoms with van der Waals surface area (Å²) >= 11 is 0. The van der Waals surface area contributed by atoms with Crippen LogP contribution < -0.4 is 9.30 Å². The summed E-state index contributed by atoms with van der Waals surface area (Å²) < 4.78 is 74.5. The Morgan fingerprint density at radius 2 is 1.40 bits per heavy atom. The van der Waals surface area contributed by atoms with Crippen molar-refractivity contribution in [3.63, 3.8) is 0 Å². The van der Waals surface area contributed by atoms with Crippen LogP contribution in [0.25, 0.3) is 72.3 Å². The number of ether oxygens (including phenoxy) is 1. The van der Waals surface area contributed by atoms with E-state index in [9.17, 15) is 0 Å². The Kier molecular flexibility index (Phi) is 8.97. The molecule has 0 spiro atoms. The van der Waals surface area contributed by atoms with E-state index in [4.69, 9.17) is 19.3 Å². The molecule has 0 bridgehead atoms. The summed E-state index contributed by atoms with van der Waals surface area (Å²) in [5.41, 5.74) is 6.93. The van der Waals surface area contributed by atoms with Gasteiger partial charge in [-0.25, -0.2) is 4.98 Å². The van der Waals surface area contributed by atoms with Crippen LogP contribution in [0.15, 0.2) is 170 Å². The van der Waals surface area contributed by atoms with Gasteiger partial charge in [-0.2, -0.15) is 18.2 Å². The van der Waals surface area contributed by atoms with Gasteiger partial charge < -0.3 is 13.9 Å². The number of hydrogen-bond donors (Lipinski definition) is 0. The Bertz CT molecular complexity index is 3650. The van der Waals surface area contributed by atoms with Crippen molar-refractivity contribution in [1.29, 1.82) is 0 Å². The van der Waals surface area contributed by atoms with E-state index in [0.717, 1.165) is 38.7 Å². The van der Waals surface area contributed by atoms with Gasteiger partial charge in [0.1, 0.15) is 5.82 Å². The van der Waals surface area contributed by atoms with Crippen LogP contribution >= 0.6 is 0 Å². The van der Waals surface area contributed by atoms with E-state index in [-0.39, 0.29) is 44.1 Å². The van der Waals surface area contributed by atoms with E-state index in [1.165, 1.54) is 0 Å². The Hall–Kier alpha value is -6.55. The van der Waals surface area contributed by atoms with Gasteiger partial charge >= 0.3 is 0 Å². The maximum absolute atomic E-state index is 9.14. The Balaban J connectivity index is 0.00000608. The van der Waals surface area contributed by atoms with Crippen molar-refractivity contribution in [2.24, 2.45) is 5.41 Å². The van der Waals surface area contributed by atoms with Crippen LogP contribution in [-0.4, -0.2) is 14.1 Å². The van der Waals surface area contributed by atoms with Crippen molar-refractivity contribution in [3.8, 4) is 50.9 Å². The second kappa shape index (κ2) is 16.6. The quantitative estimate of drug-likeness (QED) is 0.112. The molecule has 7 aromatic carbocycles. The van der Waals surface area contributed by atoms with Gasteiger partial charge in [0.2, 0.25) is 0 Å². The minimum atomic E-state index is -1.71. The molecule has 0 aliphatic rings. The number of nitrogens with zero attached hydrogens (tertiary/aromatic N) is 4. The van der Waals surface area contributed by atoms with Crippen LogP contribution in [0.3, 0.4) is 0 Å². The number of aromatic nitrogens is 4. The van der Waals surface area contributed by atoms with E-state index in [0.29, 0.717) is 50.6 Å². The zero-order valence-corrected chi connectivity index (χ0v) is 38.1. The molecule has 63 heavy (non-hydrogen) atoms. The van der Waals surface area contributed by atoms with E-state index >= 15 is 0 Å². The molecule has 10 aromatic rings. The third-order valence-electron chi connectivity index (χ3n) is 10.9. The van der Waals surface area contributed by atoms with E-state index in [1.807, 2.05) is 127 Å². The van der Waals surface area contributed by atoms with Crippen LogP contribution in [0.4, 0.5) is 0 Å². The standard InChI is InChI=1S/C57H48N4O.Pt/c1-56(2,3)37-39-17-14-20-41(33-39)47-25-16-24-46(40-18-8-7-9-19-40)55(47)60-38-59(51-27-12-13-28-52(51)60)43-21-15-22-44(35-43)62-45-29-30-49-48-23-10-11-26-50(48)61(53(49)36-45)54-34-42(31-32-58-54)57(4,5)6;/h7-34H,37H2,1-6H3;/q-2;/i7D,8D,9D,18D,19D,37D2;. The third-order valence-corrected chi connectivity index (χ3v) is 10.9. The second-order valence-corrected chi connectivity index (χ2v) is 17.5. The zero-order valence-electron chi connectivity index (χ0n) is 42.8. The smallest absolute Gasteiger partial charge is 0.268 e. The first kappa shape index (κ1) is 34.0. The predicted octanol–water partition coefficient (Wildman–Crippen LogP) is 13.8. The monoisotopic (exact) mass is 1010 g/mol. The summed E-state index contributed by atoms with van der Waals surface area (Å²) in [6.07, 6.45) is 3.71. The van der Waals surface area contributed by atoms with Crippen molar-refractivity contribution in [1.82, 2.24) is 14.1 Å². The third kappa shape index (κ3) is 8.15. The summed E-state index contributed by atoms with van der Waals surface area (Å²) in [4.78, 5) is 4.82. The molecule has 0 saturated carbocycles. The van der Waals surface area contributed by atoms with Crippen LogP contribution in [0, 0.1) is 23.9 Å². The molecule has 0 unspecified atom stereocenters. The Morgan fingerprint density at radius 1 is 0.683 bits per heavy atom. The molecule has 0 amide bonds. The van der Waals surface area contributed by atoms with Gasteiger partial charge in [0, 0.05) is 47.0 Å². The van der Waals surface area contributed by atoms with Gasteiger partial charge in [-0.1, -0.05) is 162 Å². The molecule has 10 rings (SSSR count). The Morgan fingerprint density at radius 3 is 2.19 bits per heavy atom. The van der Waals surface area contributed by atoms with E-state index in [2.05, 4.69) is 68.1 Å². The topological polar surface area (TPSA) is 35.9 Å². The van der Waals surface area contributed by atoms with Gasteiger partial charge in [0.25, 0.3) is 6.33 Å². The van der Waals surface area contributed by atoms with Crippen LogP contribution in [0.2, 0.25) is 0 Å². The van der Waals surface area contributed by atoms with Gasteiger partial charge in [-0.3, -0.25) is 4.57 Å². The molecule has 314 valence electrons. The number of imidazole rings is 1. The van der Waals surface area contributed by atoms with Crippen molar-refractivity contribution < 1.29 is 40.0 Å². The van der Waals surface area contributed by atoms with Crippen LogP contribution in [0.5, 0.6) is 11.5 Å². The molecular formula is C57H48N4OPt-2. The number of hydrogen-bond acceptors (Lipinski definition) is 2. The Labute approximate surface area is 394 Å². The van der Waals surface area contributed by atoms with Crippen molar-refractivity contribution in [3.05, 3.63) is 199 Å². The first-order valence-electron chi connectivity index (χ1n) is 24.2. The minimum absolute atomic E-state index is 0. The zero-order chi connectivity index (χ0) is 48.7. The molecule has 0 atom stereocenters. The maximum Gasteiger partial charge on any atom is 0.268 e. The summed E-state index contributed by atoms with van der Waals surface area (Å²) in [5, 5.41) is 2.09. The number of rotatable bonds is 8. The molecule has 3 heterocycles. The van der Waals surface area contributed by atoms with Crippen molar-refractivity contribution in [2.45, 2.75) is 53.3 Å². The predicted molar refractivity (Wildman–Crippen MR) is 253 cm³/mol. The molecule has 0 radical (unpaired) electrons. The van der Waals surface area contributed by atoms with Crippen molar-refractivity contribution in [2.75, 3.05) is 0 Å². The second-order valence-electron chi connectivity index (χ2n) is 17.5. The molecule has 3 aromatic heterocycles. The summed E-state index contributed by atoms with van der Waals surface area (Å²) in [6.45, 7) is 12.2. The van der Waals surface area contributed by atoms with E-state index in [1.54, 1.807) is 18.2 Å². The molecule has 5 nitrogen and oxygen atoms in total. The molecule has 0 fully saturated rings. The number of fused-ring (bicyclic) bond motifs is 4. The molecule has 0 aliphatic heterocycles. The number of benzene rings is 7. The average Bonchev–Trinajstić information content (AvgIpc) is 3.88. The summed E-state index contributed by atoms with van der Waals surface area (Å²) in [7, 11) is 0. The largest absolute Gasteiger partial charge is 0.510 e. The fourth-order valence-electron chi connectivity index (χ4n) is 8.13. The summed E-state index contributed by atoms with van der Waals surface area (Å²) in [5.74, 6) is 1.70. The minimum Gasteiger partial charge on any atom is -0.510 e. The van der Waals surface area contributed by atoms with Crippen LogP contribution in [0.1, 0.15) is 62.3 Å². The van der Waals surface area contributed by atoms with Gasteiger partial charge in [0.15, 0.2) is 0 Å². The normalized spacial score (nSPS) is 13.7. The van der Waals surface area contributed by atoms with Gasteiger partial charge in [-0.15, -0.1) is 29.7 Å². The fourth-order valence-corrected chi connectivity index (χ4v) is 8.13. The fraction of sp³-hybridized carbons (Fsp3) is 0.158. The van der Waals surface area contributed by atoms with E-state index < -0.39 is 29.9 Å². The maximum atomic E-state index is 9.14. The SMILES string of the molecule is [2H]c1c([2H])c([2H])c(-c2cccc(-c3cccc(C([2H])([2H])C(C)(C)C)c3)c2-[n+]2[c-]n(-c3[c-]c(Oc4[c-]c5c(cc4)c4ccccc4n5-c4cc(C(C)(C)C)ccn4)ccc3)c3ccccc32)c([2H])c1[2H].[Pt]. The molecule has 0 N–H and O–H groups in total. The first-order valence-corrected chi connectivity index (χ1v) is 20.7. The molecular weight excluding hydrogens is 952 g/mol. The van der Waals surface area contributed by atoms with Gasteiger partial charge in [-0.05, 0) is 79.9 Å². The summed E-state index contributed by atoms with van der Waals surface area (Å²) in [6, 6.07) is 47.5. The number of pyridine rings is 1. The molecule has 6 heteroatoms. The van der Waals surface area contributed by atoms with Gasteiger partial charge in [0.05, 0.1) is 23.6 Å². The first-order chi connectivity index (χ1) is 32.8. The molecule has 0 saturated heterocycles. The van der Waals surface area contributed by atoms with Crippen molar-refractivity contribution >= 4 is 32.8 Å². The average molecular weight is 1010 g/mol. The number of para-hydroxylation sites is 4.